The van der Waals surface area contributed by atoms with Crippen molar-refractivity contribution in [1.82, 2.24) is 24.3 Å². The van der Waals surface area contributed by atoms with Crippen molar-refractivity contribution in [3.8, 4) is 0 Å². The molecule has 0 spiro atoms. The number of carbonyl (C=O) groups is 1. The lowest BCUT2D eigenvalue weighted by molar-refractivity contribution is -0.116. The summed E-state index contributed by atoms with van der Waals surface area (Å²) in [5.41, 5.74) is 5.33. The van der Waals surface area contributed by atoms with Crippen molar-refractivity contribution in [1.29, 1.82) is 0 Å². The third-order valence-electron chi connectivity index (χ3n) is 5.20. The quantitative estimate of drug-likeness (QED) is 0.346. The summed E-state index contributed by atoms with van der Waals surface area (Å²) < 4.78 is 2.73. The van der Waals surface area contributed by atoms with Crippen LogP contribution >= 0.6 is 11.8 Å². The molecule has 0 unspecified atom stereocenters. The first kappa shape index (κ1) is 25.1. The second-order valence-electron chi connectivity index (χ2n) is 7.72. The number of nitrogens with one attached hydrogen (secondary N) is 2. The standard InChI is InChI=1S/C22H29N7O4S/c1-3-5-12-28-21(33)25-26-22(28)34-14-16(30)27(11-4-2)17-18(23)29(20(32)24-19(17)31)13-15-9-7-6-8-10-15/h6-10H,3-5,11-14,23H2,1-2H3,(H,25,33)(H,24,31,32). The Balaban J connectivity index is 1.89. The lowest BCUT2D eigenvalue weighted by Gasteiger charge is -2.24. The molecule has 0 atom stereocenters. The van der Waals surface area contributed by atoms with Crippen molar-refractivity contribution in [2.45, 2.75) is 51.4 Å². The number of thioether (sulfide) groups is 1. The summed E-state index contributed by atoms with van der Waals surface area (Å²) in [6.07, 6.45) is 2.28. The van der Waals surface area contributed by atoms with Crippen molar-refractivity contribution in [2.24, 2.45) is 0 Å². The molecule has 0 bridgehead atoms. The minimum Gasteiger partial charge on any atom is -0.383 e. The summed E-state index contributed by atoms with van der Waals surface area (Å²) in [6.45, 7) is 4.77. The number of benzene rings is 1. The minimum absolute atomic E-state index is 0.0617. The first-order valence-corrected chi connectivity index (χ1v) is 12.1. The number of nitrogens with two attached hydrogens (primary N) is 1. The molecule has 4 N–H and O–H groups in total. The van der Waals surface area contributed by atoms with Gasteiger partial charge in [0.1, 0.15) is 5.82 Å². The van der Waals surface area contributed by atoms with E-state index in [1.807, 2.05) is 44.2 Å². The lowest BCUT2D eigenvalue weighted by Crippen LogP contribution is -2.42. The third-order valence-corrected chi connectivity index (χ3v) is 6.16. The number of carbonyl (C=O) groups excluding carboxylic acids is 1. The molecular formula is C22H29N7O4S. The number of rotatable bonds is 11. The highest BCUT2D eigenvalue weighted by molar-refractivity contribution is 7.99. The highest BCUT2D eigenvalue weighted by Gasteiger charge is 2.24. The Morgan fingerprint density at radius 2 is 1.82 bits per heavy atom. The molecule has 12 heteroatoms. The van der Waals surface area contributed by atoms with Gasteiger partial charge in [-0.1, -0.05) is 62.4 Å². The molecule has 0 aliphatic rings. The third kappa shape index (κ3) is 5.68. The molecular weight excluding hydrogens is 458 g/mol. The van der Waals surface area contributed by atoms with Crippen LogP contribution in [0.3, 0.4) is 0 Å². The second kappa shape index (κ2) is 11.5. The van der Waals surface area contributed by atoms with Crippen molar-refractivity contribution in [3.05, 3.63) is 67.2 Å². The van der Waals surface area contributed by atoms with Gasteiger partial charge in [-0.05, 0) is 18.4 Å². The maximum Gasteiger partial charge on any atom is 0.343 e. The van der Waals surface area contributed by atoms with Gasteiger partial charge in [0.2, 0.25) is 5.91 Å². The van der Waals surface area contributed by atoms with E-state index in [1.165, 1.54) is 14.0 Å². The first-order valence-electron chi connectivity index (χ1n) is 11.1. The highest BCUT2D eigenvalue weighted by atomic mass is 32.2. The van der Waals surface area contributed by atoms with Gasteiger partial charge in [-0.2, -0.15) is 0 Å². The molecule has 0 fully saturated rings. The number of hydrogen-bond acceptors (Lipinski definition) is 7. The zero-order valence-corrected chi connectivity index (χ0v) is 20.1. The Kier molecular flexibility index (Phi) is 8.52. The maximum absolute atomic E-state index is 13.2. The second-order valence-corrected chi connectivity index (χ2v) is 8.66. The number of hydrogen-bond donors (Lipinski definition) is 3. The Bertz CT molecular complexity index is 1290. The van der Waals surface area contributed by atoms with Crippen LogP contribution in [0, 0.1) is 0 Å². The van der Waals surface area contributed by atoms with Gasteiger partial charge in [0, 0.05) is 13.1 Å². The smallest absolute Gasteiger partial charge is 0.343 e. The zero-order valence-electron chi connectivity index (χ0n) is 19.2. The molecule has 3 aromatic rings. The number of nitrogens with zero attached hydrogens (tertiary/aromatic N) is 4. The number of aromatic amines is 2. The monoisotopic (exact) mass is 487 g/mol. The van der Waals surface area contributed by atoms with Crippen LogP contribution in [-0.4, -0.2) is 42.5 Å². The summed E-state index contributed by atoms with van der Waals surface area (Å²) in [7, 11) is 0. The Labute approximate surface area is 200 Å². The number of aromatic nitrogens is 5. The Morgan fingerprint density at radius 1 is 1.09 bits per heavy atom. The van der Waals surface area contributed by atoms with Gasteiger partial charge in [0.25, 0.3) is 5.56 Å². The van der Waals surface area contributed by atoms with Gasteiger partial charge in [0.15, 0.2) is 10.8 Å². The van der Waals surface area contributed by atoms with E-state index in [9.17, 15) is 19.2 Å². The van der Waals surface area contributed by atoms with E-state index in [4.69, 9.17) is 5.73 Å². The van der Waals surface area contributed by atoms with Crippen molar-refractivity contribution in [2.75, 3.05) is 22.9 Å². The lowest BCUT2D eigenvalue weighted by atomic mass is 10.2. The van der Waals surface area contributed by atoms with Crippen molar-refractivity contribution in [3.63, 3.8) is 0 Å². The van der Waals surface area contributed by atoms with Crippen molar-refractivity contribution < 1.29 is 4.79 Å². The molecule has 0 radical (unpaired) electrons. The Hall–Kier alpha value is -3.54. The van der Waals surface area contributed by atoms with E-state index < -0.39 is 11.2 Å². The molecule has 0 saturated heterocycles. The van der Waals surface area contributed by atoms with Crippen LogP contribution < -0.4 is 27.6 Å². The number of H-pyrrole nitrogens is 2. The number of unbranched alkanes of at least 4 members (excludes halogenated alkanes) is 1. The fourth-order valence-corrected chi connectivity index (χ4v) is 4.33. The van der Waals surface area contributed by atoms with Crippen LogP contribution in [0.15, 0.2) is 49.9 Å². The summed E-state index contributed by atoms with van der Waals surface area (Å²) in [5, 5.41) is 6.82. The molecule has 0 aliphatic carbocycles. The van der Waals surface area contributed by atoms with E-state index in [0.29, 0.717) is 18.1 Å². The van der Waals surface area contributed by atoms with Crippen LogP contribution in [-0.2, 0) is 17.9 Å². The molecule has 3 rings (SSSR count). The van der Waals surface area contributed by atoms with E-state index in [-0.39, 0.29) is 41.9 Å². The van der Waals surface area contributed by atoms with Gasteiger partial charge in [0.05, 0.1) is 12.3 Å². The average Bonchev–Trinajstić information content (AvgIpc) is 3.17. The number of anilines is 2. The van der Waals surface area contributed by atoms with E-state index in [1.54, 1.807) is 0 Å². The van der Waals surface area contributed by atoms with Crippen LogP contribution in [0.5, 0.6) is 0 Å². The largest absolute Gasteiger partial charge is 0.383 e. The maximum atomic E-state index is 13.2. The zero-order chi connectivity index (χ0) is 24.7. The molecule has 11 nitrogen and oxygen atoms in total. The highest BCUT2D eigenvalue weighted by Crippen LogP contribution is 2.21. The fourth-order valence-electron chi connectivity index (χ4n) is 3.48. The van der Waals surface area contributed by atoms with Crippen LogP contribution in [0.25, 0.3) is 0 Å². The summed E-state index contributed by atoms with van der Waals surface area (Å²) in [5.74, 6) is -0.525. The molecule has 0 saturated carbocycles. The van der Waals surface area contributed by atoms with Crippen molar-refractivity contribution >= 4 is 29.2 Å². The summed E-state index contributed by atoms with van der Waals surface area (Å²) >= 11 is 1.10. The number of nitrogen functional groups attached to an aromatic ring is 1. The molecule has 1 amide bonds. The van der Waals surface area contributed by atoms with Gasteiger partial charge in [-0.3, -0.25) is 23.7 Å². The number of amides is 1. The predicted octanol–water partition coefficient (Wildman–Crippen LogP) is 1.39. The molecule has 182 valence electrons. The fraction of sp³-hybridized carbons (Fsp3) is 0.409. The van der Waals surface area contributed by atoms with Crippen LogP contribution in [0.4, 0.5) is 11.5 Å². The van der Waals surface area contributed by atoms with Crippen LogP contribution in [0.2, 0.25) is 0 Å². The van der Waals surface area contributed by atoms with Crippen LogP contribution in [0.1, 0.15) is 38.7 Å². The topological polar surface area (TPSA) is 152 Å². The van der Waals surface area contributed by atoms with Gasteiger partial charge >= 0.3 is 11.4 Å². The van der Waals surface area contributed by atoms with E-state index in [0.717, 1.165) is 30.2 Å². The molecule has 2 aromatic heterocycles. The molecule has 0 aliphatic heterocycles. The van der Waals surface area contributed by atoms with E-state index >= 15 is 0 Å². The summed E-state index contributed by atoms with van der Waals surface area (Å²) in [6, 6.07) is 9.20. The van der Waals surface area contributed by atoms with Gasteiger partial charge < -0.3 is 10.6 Å². The first-order chi connectivity index (χ1) is 16.4. The SMILES string of the molecule is CCCCn1c(SCC(=O)N(CCC)c2c(N)n(Cc3ccccc3)c(=O)[nH]c2=O)n[nH]c1=O. The molecule has 2 heterocycles. The normalized spacial score (nSPS) is 11.0. The molecule has 1 aromatic carbocycles. The van der Waals surface area contributed by atoms with E-state index in [2.05, 4.69) is 15.2 Å². The van der Waals surface area contributed by atoms with Gasteiger partial charge in [-0.25, -0.2) is 14.7 Å². The molecule has 34 heavy (non-hydrogen) atoms. The predicted molar refractivity (Wildman–Crippen MR) is 132 cm³/mol. The average molecular weight is 488 g/mol. The minimum atomic E-state index is -0.724. The summed E-state index contributed by atoms with van der Waals surface area (Å²) in [4.78, 5) is 54.0. The van der Waals surface area contributed by atoms with Gasteiger partial charge in [-0.15, -0.1) is 5.10 Å². The Morgan fingerprint density at radius 3 is 2.50 bits per heavy atom.